The van der Waals surface area contributed by atoms with Gasteiger partial charge in [-0.25, -0.2) is 9.67 Å². The molecule has 10 nitrogen and oxygen atoms in total. The van der Waals surface area contributed by atoms with Crippen molar-refractivity contribution >= 4 is 17.0 Å². The molecule has 120 valence electrons. The van der Waals surface area contributed by atoms with Gasteiger partial charge in [-0.05, 0) is 6.07 Å². The van der Waals surface area contributed by atoms with Crippen LogP contribution in [0.25, 0.3) is 22.4 Å². The predicted molar refractivity (Wildman–Crippen MR) is 85.9 cm³/mol. The summed E-state index contributed by atoms with van der Waals surface area (Å²) in [6.45, 7) is 0.389. The van der Waals surface area contributed by atoms with Crippen molar-refractivity contribution in [2.75, 3.05) is 5.73 Å². The Morgan fingerprint density at radius 3 is 3.00 bits per heavy atom. The maximum Gasteiger partial charge on any atom is 0.248 e. The van der Waals surface area contributed by atoms with Crippen LogP contribution in [0.3, 0.4) is 0 Å². The minimum atomic E-state index is -0.159. The molecule has 0 radical (unpaired) electrons. The van der Waals surface area contributed by atoms with E-state index in [4.69, 9.17) is 5.73 Å². The largest absolute Gasteiger partial charge is 0.368 e. The maximum atomic E-state index is 11.4. The molecule has 24 heavy (non-hydrogen) atoms. The van der Waals surface area contributed by atoms with Gasteiger partial charge in [0.25, 0.3) is 0 Å². The third kappa shape index (κ3) is 2.39. The third-order valence-electron chi connectivity index (χ3n) is 3.55. The van der Waals surface area contributed by atoms with Crippen LogP contribution in [0.5, 0.6) is 0 Å². The van der Waals surface area contributed by atoms with Crippen molar-refractivity contribution in [1.82, 2.24) is 39.7 Å². The molecule has 0 atom stereocenters. The SMILES string of the molecule is Cn1ncc2c(-c3cn(Cc4cccc(=O)[nH]4)nn3)nc(N)nc21. The molecule has 3 N–H and O–H groups in total. The van der Waals surface area contributed by atoms with E-state index in [1.165, 1.54) is 6.07 Å². The Kier molecular flexibility index (Phi) is 3.08. The second-order valence-corrected chi connectivity index (χ2v) is 5.28. The van der Waals surface area contributed by atoms with Gasteiger partial charge in [-0.15, -0.1) is 5.10 Å². The molecule has 0 spiro atoms. The molecule has 0 amide bonds. The summed E-state index contributed by atoms with van der Waals surface area (Å²) in [5.74, 6) is 0.142. The van der Waals surface area contributed by atoms with Crippen LogP contribution < -0.4 is 11.3 Å². The van der Waals surface area contributed by atoms with Gasteiger partial charge >= 0.3 is 0 Å². The second-order valence-electron chi connectivity index (χ2n) is 5.28. The topological polar surface area (TPSA) is 133 Å². The molecule has 0 fully saturated rings. The molecule has 0 aliphatic rings. The molecule has 4 aromatic heterocycles. The van der Waals surface area contributed by atoms with E-state index in [-0.39, 0.29) is 11.5 Å². The Balaban J connectivity index is 1.74. The Morgan fingerprint density at radius 1 is 1.29 bits per heavy atom. The lowest BCUT2D eigenvalue weighted by Gasteiger charge is -2.01. The molecular weight excluding hydrogens is 310 g/mol. The number of nitrogens with zero attached hydrogens (tertiary/aromatic N) is 7. The van der Waals surface area contributed by atoms with Gasteiger partial charge in [0.2, 0.25) is 11.5 Å². The number of aromatic nitrogens is 8. The number of nitrogens with one attached hydrogen (secondary N) is 1. The lowest BCUT2D eigenvalue weighted by atomic mass is 10.2. The summed E-state index contributed by atoms with van der Waals surface area (Å²) < 4.78 is 3.23. The van der Waals surface area contributed by atoms with Crippen LogP contribution in [-0.4, -0.2) is 39.7 Å². The monoisotopic (exact) mass is 323 g/mol. The molecule has 0 saturated carbocycles. The van der Waals surface area contributed by atoms with Gasteiger partial charge in [-0.3, -0.25) is 9.48 Å². The number of hydrogen-bond donors (Lipinski definition) is 2. The number of aryl methyl sites for hydroxylation is 1. The highest BCUT2D eigenvalue weighted by atomic mass is 16.1. The van der Waals surface area contributed by atoms with E-state index in [1.54, 1.807) is 34.9 Å². The molecule has 0 saturated heterocycles. The molecule has 4 heterocycles. The molecular formula is C14H13N9O. The number of anilines is 1. The van der Waals surface area contributed by atoms with Crippen LogP contribution in [0.4, 0.5) is 5.95 Å². The van der Waals surface area contributed by atoms with E-state index >= 15 is 0 Å². The van der Waals surface area contributed by atoms with Crippen molar-refractivity contribution in [3.8, 4) is 11.4 Å². The van der Waals surface area contributed by atoms with Crippen LogP contribution in [0.1, 0.15) is 5.69 Å². The van der Waals surface area contributed by atoms with E-state index in [9.17, 15) is 4.79 Å². The number of nitrogen functional groups attached to an aromatic ring is 1. The molecule has 0 aliphatic carbocycles. The zero-order chi connectivity index (χ0) is 16.7. The first-order valence-electron chi connectivity index (χ1n) is 7.14. The van der Waals surface area contributed by atoms with E-state index < -0.39 is 0 Å². The van der Waals surface area contributed by atoms with Crippen molar-refractivity contribution < 1.29 is 0 Å². The Bertz CT molecular complexity index is 1090. The Labute approximate surface area is 135 Å². The lowest BCUT2D eigenvalue weighted by molar-refractivity contribution is 0.637. The number of aromatic amines is 1. The van der Waals surface area contributed by atoms with Gasteiger partial charge in [-0.2, -0.15) is 10.1 Å². The zero-order valence-electron chi connectivity index (χ0n) is 12.7. The van der Waals surface area contributed by atoms with Crippen molar-refractivity contribution in [3.05, 3.63) is 46.6 Å². The first-order valence-corrected chi connectivity index (χ1v) is 7.14. The first kappa shape index (κ1) is 14.1. The normalized spacial score (nSPS) is 11.2. The molecule has 0 unspecified atom stereocenters. The van der Waals surface area contributed by atoms with E-state index in [2.05, 4.69) is 30.4 Å². The summed E-state index contributed by atoms with van der Waals surface area (Å²) in [6, 6.07) is 4.96. The van der Waals surface area contributed by atoms with Crippen molar-refractivity contribution in [1.29, 1.82) is 0 Å². The summed E-state index contributed by atoms with van der Waals surface area (Å²) in [5, 5.41) is 13.1. The Morgan fingerprint density at radius 2 is 2.17 bits per heavy atom. The van der Waals surface area contributed by atoms with Crippen molar-refractivity contribution in [2.45, 2.75) is 6.54 Å². The van der Waals surface area contributed by atoms with Gasteiger partial charge in [0.15, 0.2) is 5.65 Å². The standard InChI is InChI=1S/C14H13N9O/c1-22-13-9(5-16-22)12(18-14(15)19-13)10-7-23(21-20-10)6-8-3-2-4-11(24)17-8/h2-5,7H,6H2,1H3,(H,17,24)(H2,15,18,19). The molecule has 4 rings (SSSR count). The minimum Gasteiger partial charge on any atom is -0.368 e. The highest BCUT2D eigenvalue weighted by molar-refractivity contribution is 5.89. The number of H-pyrrole nitrogens is 1. The minimum absolute atomic E-state index is 0.142. The zero-order valence-corrected chi connectivity index (χ0v) is 12.7. The molecule has 10 heteroatoms. The summed E-state index contributed by atoms with van der Waals surface area (Å²) in [6.07, 6.45) is 3.40. The molecule has 0 bridgehead atoms. The second kappa shape index (κ2) is 5.26. The van der Waals surface area contributed by atoms with Gasteiger partial charge in [0, 0.05) is 18.8 Å². The first-order chi connectivity index (χ1) is 11.6. The van der Waals surface area contributed by atoms with Gasteiger partial charge in [-0.1, -0.05) is 11.3 Å². The molecule has 0 aliphatic heterocycles. The molecule has 4 aromatic rings. The van der Waals surface area contributed by atoms with Crippen LogP contribution >= 0.6 is 0 Å². The fourth-order valence-electron chi connectivity index (χ4n) is 2.48. The van der Waals surface area contributed by atoms with Crippen molar-refractivity contribution in [2.24, 2.45) is 7.05 Å². The number of hydrogen-bond acceptors (Lipinski definition) is 7. The van der Waals surface area contributed by atoms with Crippen molar-refractivity contribution in [3.63, 3.8) is 0 Å². The van der Waals surface area contributed by atoms with Crippen LogP contribution in [-0.2, 0) is 13.6 Å². The fraction of sp³-hybridized carbons (Fsp3) is 0.143. The van der Waals surface area contributed by atoms with E-state index in [0.717, 1.165) is 11.1 Å². The Hall–Kier alpha value is -3.56. The number of nitrogens with two attached hydrogens (primary N) is 1. The van der Waals surface area contributed by atoms with Gasteiger partial charge in [0.05, 0.1) is 24.3 Å². The van der Waals surface area contributed by atoms with Crippen LogP contribution in [0.2, 0.25) is 0 Å². The van der Waals surface area contributed by atoms with Crippen LogP contribution in [0, 0.1) is 0 Å². The van der Waals surface area contributed by atoms with E-state index in [0.29, 0.717) is 23.6 Å². The quantitative estimate of drug-likeness (QED) is 0.539. The predicted octanol–water partition coefficient (Wildman–Crippen LogP) is -0.0594. The average Bonchev–Trinajstić information content (AvgIpc) is 3.14. The van der Waals surface area contributed by atoms with Crippen LogP contribution in [0.15, 0.2) is 35.4 Å². The highest BCUT2D eigenvalue weighted by Gasteiger charge is 2.15. The fourth-order valence-corrected chi connectivity index (χ4v) is 2.48. The number of pyridine rings is 1. The molecule has 0 aromatic carbocycles. The summed E-state index contributed by atoms with van der Waals surface area (Å²) in [5.41, 5.74) is 8.10. The van der Waals surface area contributed by atoms with E-state index in [1.807, 2.05) is 6.07 Å². The average molecular weight is 323 g/mol. The maximum absolute atomic E-state index is 11.4. The third-order valence-corrected chi connectivity index (χ3v) is 3.55. The van der Waals surface area contributed by atoms with Gasteiger partial charge in [0.1, 0.15) is 11.4 Å². The summed E-state index contributed by atoms with van der Waals surface area (Å²) >= 11 is 0. The smallest absolute Gasteiger partial charge is 0.248 e. The summed E-state index contributed by atoms with van der Waals surface area (Å²) in [7, 11) is 1.78. The number of fused-ring (bicyclic) bond motifs is 1. The van der Waals surface area contributed by atoms with Gasteiger partial charge < -0.3 is 10.7 Å². The highest BCUT2D eigenvalue weighted by Crippen LogP contribution is 2.24. The summed E-state index contributed by atoms with van der Waals surface area (Å²) in [4.78, 5) is 22.5. The lowest BCUT2D eigenvalue weighted by Crippen LogP contribution is -2.10. The number of rotatable bonds is 3.